The van der Waals surface area contributed by atoms with Crippen molar-refractivity contribution in [3.8, 4) is 11.3 Å². The quantitative estimate of drug-likeness (QED) is 0.685. The molecule has 3 aromatic rings. The molecule has 7 rings (SSSR count). The van der Waals surface area contributed by atoms with Crippen molar-refractivity contribution in [3.05, 3.63) is 47.2 Å². The molecular weight excluding hydrogens is 390 g/mol. The molecule has 1 aromatic carbocycles. The summed E-state index contributed by atoms with van der Waals surface area (Å²) in [5.74, 6) is 1.63. The van der Waals surface area contributed by atoms with Gasteiger partial charge in [-0.25, -0.2) is 15.0 Å². The van der Waals surface area contributed by atoms with Crippen molar-refractivity contribution in [1.29, 1.82) is 0 Å². The molecule has 2 fully saturated rings. The first-order valence-electron chi connectivity index (χ1n) is 11.1. The topological polar surface area (TPSA) is 99.7 Å². The molecule has 1 saturated heterocycles. The summed E-state index contributed by atoms with van der Waals surface area (Å²) < 4.78 is 0. The van der Waals surface area contributed by atoms with Crippen LogP contribution in [0.1, 0.15) is 54.7 Å². The molecule has 2 aromatic heterocycles. The van der Waals surface area contributed by atoms with Crippen LogP contribution in [0.4, 0.5) is 11.6 Å². The molecule has 31 heavy (non-hydrogen) atoms. The summed E-state index contributed by atoms with van der Waals surface area (Å²) in [6.45, 7) is 3.25. The highest BCUT2D eigenvalue weighted by molar-refractivity contribution is 6.10. The number of benzene rings is 1. The number of fused-ring (bicyclic) bond motifs is 3. The first-order chi connectivity index (χ1) is 15.1. The lowest BCUT2D eigenvalue weighted by molar-refractivity contribution is -0.118. The SMILES string of the molecule is C[C@H]1CCN1c1nc2c(c(-c3ccc4c(c3)[C@]3(C[C@H]3c3nc[nH]n3)C(=O)N4)n1)CCC2. The zero-order chi connectivity index (χ0) is 20.7. The molecule has 8 heteroatoms. The summed E-state index contributed by atoms with van der Waals surface area (Å²) in [5, 5.41) is 10.1. The van der Waals surface area contributed by atoms with E-state index in [0.29, 0.717) is 11.9 Å². The van der Waals surface area contributed by atoms with E-state index in [2.05, 4.69) is 44.5 Å². The number of rotatable bonds is 3. The third kappa shape index (κ3) is 2.27. The number of anilines is 2. The predicted octanol–water partition coefficient (Wildman–Crippen LogP) is 2.73. The summed E-state index contributed by atoms with van der Waals surface area (Å²) in [7, 11) is 0. The van der Waals surface area contributed by atoms with E-state index in [1.54, 1.807) is 6.33 Å². The monoisotopic (exact) mass is 413 g/mol. The number of nitrogens with one attached hydrogen (secondary N) is 2. The molecule has 1 spiro atoms. The van der Waals surface area contributed by atoms with E-state index < -0.39 is 5.41 Å². The Morgan fingerprint density at radius 2 is 2.16 bits per heavy atom. The van der Waals surface area contributed by atoms with Crippen LogP contribution in [0.2, 0.25) is 0 Å². The number of carbonyl (C=O) groups is 1. The number of aromatic nitrogens is 5. The Labute approximate surface area is 179 Å². The van der Waals surface area contributed by atoms with Gasteiger partial charge in [0.2, 0.25) is 11.9 Å². The molecular formula is C23H23N7O. The zero-order valence-electron chi connectivity index (χ0n) is 17.4. The van der Waals surface area contributed by atoms with E-state index in [0.717, 1.165) is 60.7 Å². The van der Waals surface area contributed by atoms with Crippen molar-refractivity contribution < 1.29 is 4.79 Å². The molecule has 1 saturated carbocycles. The first-order valence-corrected chi connectivity index (χ1v) is 11.1. The second-order valence-corrected chi connectivity index (χ2v) is 9.28. The molecule has 2 aliphatic heterocycles. The molecule has 4 aliphatic rings. The van der Waals surface area contributed by atoms with Crippen molar-refractivity contribution in [2.24, 2.45) is 0 Å². The average molecular weight is 413 g/mol. The van der Waals surface area contributed by atoms with Gasteiger partial charge in [-0.15, -0.1) is 0 Å². The number of amides is 1. The fourth-order valence-electron chi connectivity index (χ4n) is 5.64. The van der Waals surface area contributed by atoms with Crippen molar-refractivity contribution >= 4 is 17.5 Å². The molecule has 1 amide bonds. The Balaban J connectivity index is 1.35. The van der Waals surface area contributed by atoms with Gasteiger partial charge in [0.05, 0.1) is 11.1 Å². The number of hydrogen-bond acceptors (Lipinski definition) is 6. The second kappa shape index (κ2) is 5.90. The molecule has 0 bridgehead atoms. The van der Waals surface area contributed by atoms with Gasteiger partial charge in [0, 0.05) is 41.0 Å². The highest BCUT2D eigenvalue weighted by Gasteiger charge is 2.66. The second-order valence-electron chi connectivity index (χ2n) is 9.28. The lowest BCUT2D eigenvalue weighted by atomic mass is 9.91. The number of carbonyl (C=O) groups excluding carboxylic acids is 1. The number of aryl methyl sites for hydroxylation is 1. The van der Waals surface area contributed by atoms with Gasteiger partial charge in [-0.1, -0.05) is 6.07 Å². The maximum atomic E-state index is 13.0. The van der Waals surface area contributed by atoms with Crippen LogP contribution in [0.5, 0.6) is 0 Å². The van der Waals surface area contributed by atoms with Crippen molar-refractivity contribution in [1.82, 2.24) is 25.1 Å². The van der Waals surface area contributed by atoms with Crippen molar-refractivity contribution in [3.63, 3.8) is 0 Å². The highest BCUT2D eigenvalue weighted by Crippen LogP contribution is 2.64. The maximum Gasteiger partial charge on any atom is 0.235 e. The van der Waals surface area contributed by atoms with E-state index >= 15 is 0 Å². The molecule has 156 valence electrons. The summed E-state index contributed by atoms with van der Waals surface area (Å²) in [6, 6.07) is 6.78. The zero-order valence-corrected chi connectivity index (χ0v) is 17.4. The lowest BCUT2D eigenvalue weighted by Crippen LogP contribution is -2.46. The minimum atomic E-state index is -0.557. The highest BCUT2D eigenvalue weighted by atomic mass is 16.2. The molecule has 0 radical (unpaired) electrons. The van der Waals surface area contributed by atoms with Gasteiger partial charge in [-0.2, -0.15) is 5.10 Å². The molecule has 4 heterocycles. The minimum Gasteiger partial charge on any atom is -0.338 e. The lowest BCUT2D eigenvalue weighted by Gasteiger charge is -2.39. The fraction of sp³-hybridized carbons (Fsp3) is 0.435. The Kier molecular flexibility index (Phi) is 3.31. The Hall–Kier alpha value is -3.29. The van der Waals surface area contributed by atoms with Gasteiger partial charge in [0.1, 0.15) is 6.33 Å². The fourth-order valence-corrected chi connectivity index (χ4v) is 5.64. The standard InChI is InChI=1S/C23H23N7O/c1-12-7-8-30(12)22-27-17-4-2-3-14(17)19(28-22)13-5-6-18-15(9-13)23(21(31)26-18)10-16(23)20-24-11-25-29-20/h5-6,9,11-12,16H,2-4,7-8,10H2,1H3,(H,26,31)(H,24,25,29)/t12-,16-,23-/m0/s1. The molecule has 0 unspecified atom stereocenters. The maximum absolute atomic E-state index is 13.0. The van der Waals surface area contributed by atoms with E-state index in [4.69, 9.17) is 9.97 Å². The summed E-state index contributed by atoms with van der Waals surface area (Å²) in [4.78, 5) is 29.5. The molecule has 2 N–H and O–H groups in total. The largest absolute Gasteiger partial charge is 0.338 e. The predicted molar refractivity (Wildman–Crippen MR) is 115 cm³/mol. The average Bonchev–Trinajstić information content (AvgIpc) is 3.11. The van der Waals surface area contributed by atoms with E-state index in [1.165, 1.54) is 17.7 Å². The third-order valence-electron chi connectivity index (χ3n) is 7.63. The van der Waals surface area contributed by atoms with Gasteiger partial charge in [0.15, 0.2) is 5.82 Å². The van der Waals surface area contributed by atoms with Gasteiger partial charge in [-0.3, -0.25) is 9.89 Å². The van der Waals surface area contributed by atoms with Crippen LogP contribution in [-0.4, -0.2) is 43.6 Å². The third-order valence-corrected chi connectivity index (χ3v) is 7.63. The summed E-state index contributed by atoms with van der Waals surface area (Å²) in [6.07, 6.45) is 6.66. The van der Waals surface area contributed by atoms with Crippen LogP contribution in [0.3, 0.4) is 0 Å². The van der Waals surface area contributed by atoms with Gasteiger partial charge >= 0.3 is 0 Å². The van der Waals surface area contributed by atoms with Gasteiger partial charge in [0.25, 0.3) is 0 Å². The van der Waals surface area contributed by atoms with Gasteiger partial charge in [-0.05, 0) is 56.7 Å². The number of nitrogens with zero attached hydrogens (tertiary/aromatic N) is 5. The molecule has 3 atom stereocenters. The van der Waals surface area contributed by atoms with Crippen LogP contribution in [0.25, 0.3) is 11.3 Å². The van der Waals surface area contributed by atoms with E-state index in [1.807, 2.05) is 6.07 Å². The Bertz CT molecular complexity index is 1240. The number of aromatic amines is 1. The van der Waals surface area contributed by atoms with E-state index in [9.17, 15) is 4.79 Å². The smallest absolute Gasteiger partial charge is 0.235 e. The van der Waals surface area contributed by atoms with Crippen LogP contribution in [0, 0.1) is 0 Å². The Morgan fingerprint density at radius 3 is 2.94 bits per heavy atom. The van der Waals surface area contributed by atoms with Crippen LogP contribution < -0.4 is 10.2 Å². The van der Waals surface area contributed by atoms with Crippen molar-refractivity contribution in [2.45, 2.75) is 56.4 Å². The Morgan fingerprint density at radius 1 is 1.23 bits per heavy atom. The summed E-state index contributed by atoms with van der Waals surface area (Å²) in [5.41, 5.74) is 5.95. The minimum absolute atomic E-state index is 0.0175. The van der Waals surface area contributed by atoms with E-state index in [-0.39, 0.29) is 11.8 Å². The van der Waals surface area contributed by atoms with Crippen molar-refractivity contribution in [2.75, 3.05) is 16.8 Å². The molecule has 8 nitrogen and oxygen atoms in total. The van der Waals surface area contributed by atoms with Crippen LogP contribution in [0.15, 0.2) is 24.5 Å². The number of H-pyrrole nitrogens is 1. The van der Waals surface area contributed by atoms with Gasteiger partial charge < -0.3 is 10.2 Å². The normalized spacial score (nSPS) is 27.8. The summed E-state index contributed by atoms with van der Waals surface area (Å²) >= 11 is 0. The van der Waals surface area contributed by atoms with Crippen LogP contribution in [-0.2, 0) is 23.1 Å². The number of hydrogen-bond donors (Lipinski definition) is 2. The van der Waals surface area contributed by atoms with Crippen LogP contribution >= 0.6 is 0 Å². The molecule has 2 aliphatic carbocycles. The first kappa shape index (κ1) is 17.4.